The number of hydrogen-bond acceptors (Lipinski definition) is 3. The number of rotatable bonds is 6. The lowest BCUT2D eigenvalue weighted by molar-refractivity contribution is 0.658. The predicted molar refractivity (Wildman–Crippen MR) is 213 cm³/mol. The number of oxazole rings is 1. The molecule has 4 nitrogen and oxygen atoms in total. The van der Waals surface area contributed by atoms with Crippen LogP contribution in [0.25, 0.3) is 95.0 Å². The average Bonchev–Trinajstić information content (AvgIpc) is 3.76. The largest absolute Gasteiger partial charge is 0.438 e. The molecule has 0 unspecified atom stereocenters. The van der Waals surface area contributed by atoms with Gasteiger partial charge in [0.05, 0.1) is 28.0 Å². The van der Waals surface area contributed by atoms with Gasteiger partial charge in [-0.1, -0.05) is 146 Å². The maximum atomic E-state index is 6.56. The summed E-state index contributed by atoms with van der Waals surface area (Å²) in [4.78, 5) is 10.5. The number of nitrogens with zero attached hydrogens (tertiary/aromatic N) is 3. The molecule has 0 saturated heterocycles. The first-order valence-electron chi connectivity index (χ1n) is 17.5. The van der Waals surface area contributed by atoms with E-state index in [1.54, 1.807) is 0 Å². The van der Waals surface area contributed by atoms with E-state index < -0.39 is 0 Å². The number of hydrogen-bond donors (Lipinski definition) is 0. The highest BCUT2D eigenvalue weighted by Gasteiger charge is 2.20. The molecular weight excluding hydrogens is 635 g/mol. The Morgan fingerprint density at radius 3 is 1.52 bits per heavy atom. The molecule has 7 aromatic carbocycles. The van der Waals surface area contributed by atoms with E-state index in [2.05, 4.69) is 168 Å². The molecule has 0 radical (unpaired) electrons. The monoisotopic (exact) mass is 665 g/mol. The number of aromatic nitrogens is 3. The highest BCUT2D eigenvalue weighted by Crippen LogP contribution is 2.40. The van der Waals surface area contributed by atoms with Crippen molar-refractivity contribution in [3.05, 3.63) is 188 Å². The molecule has 0 saturated carbocycles. The van der Waals surface area contributed by atoms with E-state index in [0.717, 1.165) is 83.6 Å². The average molecular weight is 666 g/mol. The van der Waals surface area contributed by atoms with Crippen LogP contribution in [-0.4, -0.2) is 14.4 Å². The van der Waals surface area contributed by atoms with Crippen molar-refractivity contribution in [1.82, 2.24) is 14.4 Å². The van der Waals surface area contributed by atoms with Crippen molar-refractivity contribution in [3.8, 4) is 67.3 Å². The van der Waals surface area contributed by atoms with E-state index in [1.807, 2.05) is 24.3 Å². The third kappa shape index (κ3) is 5.17. The highest BCUT2D eigenvalue weighted by molar-refractivity contribution is 6.07. The molecule has 10 aromatic rings. The van der Waals surface area contributed by atoms with Gasteiger partial charge in [0.2, 0.25) is 5.71 Å². The first-order chi connectivity index (χ1) is 25.8. The van der Waals surface area contributed by atoms with Gasteiger partial charge in [-0.3, -0.25) is 4.40 Å². The Hall–Kier alpha value is -7.04. The van der Waals surface area contributed by atoms with Gasteiger partial charge in [-0.15, -0.1) is 0 Å². The van der Waals surface area contributed by atoms with Crippen molar-refractivity contribution in [3.63, 3.8) is 0 Å². The molecule has 0 fully saturated rings. The van der Waals surface area contributed by atoms with Crippen molar-refractivity contribution in [2.24, 2.45) is 0 Å². The second kappa shape index (κ2) is 12.4. The second-order valence-electron chi connectivity index (χ2n) is 13.0. The Balaban J connectivity index is 1.16. The van der Waals surface area contributed by atoms with Gasteiger partial charge in [0.15, 0.2) is 11.4 Å². The van der Waals surface area contributed by atoms with Crippen LogP contribution in [0.5, 0.6) is 0 Å². The zero-order valence-electron chi connectivity index (χ0n) is 28.1. The van der Waals surface area contributed by atoms with Crippen molar-refractivity contribution in [2.45, 2.75) is 0 Å². The molecular formula is C48H31N3O. The van der Waals surface area contributed by atoms with E-state index in [4.69, 9.17) is 14.4 Å². The molecule has 4 heteroatoms. The van der Waals surface area contributed by atoms with E-state index in [0.29, 0.717) is 5.82 Å². The Kier molecular flexibility index (Phi) is 7.10. The second-order valence-corrected chi connectivity index (χ2v) is 13.0. The van der Waals surface area contributed by atoms with E-state index >= 15 is 0 Å². The highest BCUT2D eigenvalue weighted by atomic mass is 16.3. The summed E-state index contributed by atoms with van der Waals surface area (Å²) in [6.45, 7) is 0. The topological polar surface area (TPSA) is 43.3 Å². The third-order valence-corrected chi connectivity index (χ3v) is 9.81. The van der Waals surface area contributed by atoms with Gasteiger partial charge < -0.3 is 4.42 Å². The van der Waals surface area contributed by atoms with Crippen LogP contribution >= 0.6 is 0 Å². The first-order valence-corrected chi connectivity index (χ1v) is 17.5. The van der Waals surface area contributed by atoms with Crippen molar-refractivity contribution >= 4 is 27.7 Å². The summed E-state index contributed by atoms with van der Waals surface area (Å²) in [5.74, 6) is 0.676. The summed E-state index contributed by atoms with van der Waals surface area (Å²) in [7, 11) is 0. The maximum absolute atomic E-state index is 6.56. The number of benzene rings is 7. The molecule has 0 bridgehead atoms. The Morgan fingerprint density at radius 2 is 0.846 bits per heavy atom. The molecule has 52 heavy (non-hydrogen) atoms. The zero-order valence-corrected chi connectivity index (χ0v) is 28.1. The molecule has 0 spiro atoms. The lowest BCUT2D eigenvalue weighted by atomic mass is 9.98. The molecule has 0 atom stereocenters. The van der Waals surface area contributed by atoms with Gasteiger partial charge >= 0.3 is 0 Å². The summed E-state index contributed by atoms with van der Waals surface area (Å²) in [6.07, 6.45) is 0. The Labute approximate surface area is 300 Å². The van der Waals surface area contributed by atoms with Crippen LogP contribution in [0.4, 0.5) is 0 Å². The molecule has 10 rings (SSSR count). The van der Waals surface area contributed by atoms with Crippen LogP contribution in [0.1, 0.15) is 0 Å². The molecule has 244 valence electrons. The van der Waals surface area contributed by atoms with E-state index in [1.165, 1.54) is 5.56 Å². The molecule has 0 aliphatic rings. The van der Waals surface area contributed by atoms with E-state index in [9.17, 15) is 0 Å². The summed E-state index contributed by atoms with van der Waals surface area (Å²) < 4.78 is 8.78. The van der Waals surface area contributed by atoms with Crippen LogP contribution in [0.15, 0.2) is 192 Å². The van der Waals surface area contributed by atoms with Gasteiger partial charge in [-0.25, -0.2) is 9.97 Å². The standard InChI is InChI=1S/C48H31N3O/c1-3-14-32(15-4-1)34-18-11-20-36(28-34)41-31-42(50-47(49-41)39-23-12-19-35(29-39)33-16-5-2-6-17-33)37-21-13-22-38(30-37)46-40-24-7-8-25-43(40)51-44-26-9-10-27-45(44)52-48(46)51/h1-31H. The number of para-hydroxylation sites is 3. The fourth-order valence-corrected chi connectivity index (χ4v) is 7.33. The lowest BCUT2D eigenvalue weighted by Crippen LogP contribution is -1.96. The fourth-order valence-electron chi connectivity index (χ4n) is 7.33. The normalized spacial score (nSPS) is 11.5. The smallest absolute Gasteiger partial charge is 0.213 e. The van der Waals surface area contributed by atoms with Gasteiger partial charge in [-0.05, 0) is 70.3 Å². The quantitative estimate of drug-likeness (QED) is 0.178. The molecule has 0 aliphatic carbocycles. The molecule has 3 heterocycles. The Bertz CT molecular complexity index is 2800. The first kappa shape index (κ1) is 29.8. The van der Waals surface area contributed by atoms with Crippen molar-refractivity contribution in [1.29, 1.82) is 0 Å². The molecule has 0 N–H and O–H groups in total. The lowest BCUT2D eigenvalue weighted by Gasteiger charge is -2.12. The summed E-state index contributed by atoms with van der Waals surface area (Å²) >= 11 is 0. The van der Waals surface area contributed by atoms with E-state index in [-0.39, 0.29) is 0 Å². The predicted octanol–water partition coefficient (Wildman–Crippen LogP) is 12.6. The third-order valence-electron chi connectivity index (χ3n) is 9.81. The summed E-state index contributed by atoms with van der Waals surface area (Å²) in [5.41, 5.74) is 15.3. The van der Waals surface area contributed by atoms with Crippen LogP contribution in [0.3, 0.4) is 0 Å². The minimum absolute atomic E-state index is 0.676. The van der Waals surface area contributed by atoms with Crippen LogP contribution in [0.2, 0.25) is 0 Å². The van der Waals surface area contributed by atoms with Gasteiger partial charge in [0.1, 0.15) is 0 Å². The van der Waals surface area contributed by atoms with Crippen LogP contribution < -0.4 is 0 Å². The van der Waals surface area contributed by atoms with Gasteiger partial charge in [0.25, 0.3) is 0 Å². The number of fused-ring (bicyclic) bond motifs is 5. The van der Waals surface area contributed by atoms with Crippen molar-refractivity contribution in [2.75, 3.05) is 0 Å². The molecule has 0 amide bonds. The van der Waals surface area contributed by atoms with Gasteiger partial charge in [0, 0.05) is 22.1 Å². The van der Waals surface area contributed by atoms with Crippen LogP contribution in [0, 0.1) is 0 Å². The fraction of sp³-hybridized carbons (Fsp3) is 0. The zero-order chi connectivity index (χ0) is 34.4. The SMILES string of the molecule is c1ccc(-c2cccc(-c3cc(-c4cccc(-c5c6ccccc6n6c5oc5ccccc56)c4)nc(-c4cccc(-c5ccccc5)c4)n3)c2)cc1. The summed E-state index contributed by atoms with van der Waals surface area (Å²) in [6, 6.07) is 65.5. The Morgan fingerprint density at radius 1 is 0.365 bits per heavy atom. The minimum atomic E-state index is 0.676. The van der Waals surface area contributed by atoms with Gasteiger partial charge in [-0.2, -0.15) is 0 Å². The minimum Gasteiger partial charge on any atom is -0.438 e. The van der Waals surface area contributed by atoms with Crippen LogP contribution in [-0.2, 0) is 0 Å². The van der Waals surface area contributed by atoms with Crippen molar-refractivity contribution < 1.29 is 4.42 Å². The molecule has 0 aliphatic heterocycles. The summed E-state index contributed by atoms with van der Waals surface area (Å²) in [5, 5.41) is 1.14. The maximum Gasteiger partial charge on any atom is 0.213 e. The molecule has 3 aromatic heterocycles.